The molecule has 2 aromatic rings. The monoisotopic (exact) mass is 405 g/mol. The van der Waals surface area contributed by atoms with Gasteiger partial charge in [-0.1, -0.05) is 45.7 Å². The summed E-state index contributed by atoms with van der Waals surface area (Å²) in [5.74, 6) is -0.458. The van der Waals surface area contributed by atoms with E-state index in [4.69, 9.17) is 17.3 Å². The van der Waals surface area contributed by atoms with Gasteiger partial charge in [0.25, 0.3) is 0 Å². The van der Waals surface area contributed by atoms with E-state index < -0.39 is 11.9 Å². The third-order valence-corrected chi connectivity index (χ3v) is 4.62. The van der Waals surface area contributed by atoms with Gasteiger partial charge in [-0.3, -0.25) is 0 Å². The molecule has 5 heteroatoms. The first-order valence-electron chi connectivity index (χ1n) is 5.62. The lowest BCUT2D eigenvalue weighted by Crippen LogP contribution is -2.15. The zero-order chi connectivity index (χ0) is 14.0. The first-order valence-corrected chi connectivity index (χ1v) is 7.59. The Labute approximate surface area is 133 Å². The summed E-state index contributed by atoms with van der Waals surface area (Å²) in [4.78, 5) is 0. The maximum absolute atomic E-state index is 14.0. The molecular weight excluding hydrogens is 396 g/mol. The van der Waals surface area contributed by atoms with Gasteiger partial charge in [0, 0.05) is 20.6 Å². The van der Waals surface area contributed by atoms with Crippen LogP contribution in [0.5, 0.6) is 0 Å². The summed E-state index contributed by atoms with van der Waals surface area (Å²) >= 11 is 12.4. The molecule has 0 radical (unpaired) electrons. The average Bonchev–Trinajstić information content (AvgIpc) is 2.39. The van der Waals surface area contributed by atoms with Crippen molar-refractivity contribution in [1.82, 2.24) is 0 Å². The van der Waals surface area contributed by atoms with Crippen LogP contribution >= 0.6 is 43.5 Å². The van der Waals surface area contributed by atoms with Gasteiger partial charge in [-0.15, -0.1) is 0 Å². The molecule has 2 N–H and O–H groups in total. The smallest absolute Gasteiger partial charge is 0.147 e. The summed E-state index contributed by atoms with van der Waals surface area (Å²) in [6.45, 7) is 0. The van der Waals surface area contributed by atoms with Gasteiger partial charge in [0.1, 0.15) is 5.82 Å². The Bertz CT molecular complexity index is 587. The molecule has 0 spiro atoms. The average molecular weight is 408 g/mol. The number of rotatable bonds is 3. The van der Waals surface area contributed by atoms with E-state index in [-0.39, 0.29) is 5.02 Å². The maximum Gasteiger partial charge on any atom is 0.147 e. The van der Waals surface area contributed by atoms with Gasteiger partial charge in [0.15, 0.2) is 0 Å². The van der Waals surface area contributed by atoms with E-state index in [2.05, 4.69) is 31.9 Å². The van der Waals surface area contributed by atoms with Crippen molar-refractivity contribution in [3.63, 3.8) is 0 Å². The number of hydrogen-bond acceptors (Lipinski definition) is 1. The molecule has 0 saturated carbocycles. The van der Waals surface area contributed by atoms with E-state index in [1.807, 2.05) is 24.3 Å². The highest BCUT2D eigenvalue weighted by Crippen LogP contribution is 2.30. The molecule has 100 valence electrons. The van der Waals surface area contributed by atoms with Crippen LogP contribution in [0.25, 0.3) is 0 Å². The van der Waals surface area contributed by atoms with Gasteiger partial charge in [0.05, 0.1) is 5.02 Å². The highest BCUT2D eigenvalue weighted by molar-refractivity contribution is 9.10. The zero-order valence-electron chi connectivity index (χ0n) is 9.84. The Balaban J connectivity index is 2.23. The fraction of sp³-hybridized carbons (Fsp3) is 0.143. The molecule has 1 unspecified atom stereocenters. The lowest BCUT2D eigenvalue weighted by Gasteiger charge is -2.14. The molecule has 0 saturated heterocycles. The standard InChI is InChI=1S/C14H11Br2ClFN/c15-9-3-1-8(2-4-9)7-12(19)10-5-6-11(16)13(17)14(10)18/h1-6,12H,7,19H2. The van der Waals surface area contributed by atoms with Gasteiger partial charge in [-0.25, -0.2) is 4.39 Å². The van der Waals surface area contributed by atoms with Crippen LogP contribution in [0.1, 0.15) is 17.2 Å². The van der Waals surface area contributed by atoms with E-state index in [0.29, 0.717) is 16.5 Å². The Morgan fingerprint density at radius 2 is 1.74 bits per heavy atom. The van der Waals surface area contributed by atoms with E-state index in [1.54, 1.807) is 12.1 Å². The largest absolute Gasteiger partial charge is 0.324 e. The number of halogens is 4. The summed E-state index contributed by atoms with van der Waals surface area (Å²) < 4.78 is 15.6. The second-order valence-corrected chi connectivity index (χ2v) is 6.35. The molecule has 0 amide bonds. The first-order chi connectivity index (χ1) is 8.99. The lowest BCUT2D eigenvalue weighted by atomic mass is 9.99. The Morgan fingerprint density at radius 1 is 1.11 bits per heavy atom. The Kier molecular flexibility index (Phi) is 5.01. The molecule has 0 heterocycles. The van der Waals surface area contributed by atoms with Crippen LogP contribution in [-0.4, -0.2) is 0 Å². The molecule has 2 aromatic carbocycles. The summed E-state index contributed by atoms with van der Waals surface area (Å²) in [5, 5.41) is 0.0729. The van der Waals surface area contributed by atoms with Crippen LogP contribution < -0.4 is 5.73 Å². The van der Waals surface area contributed by atoms with Crippen LogP contribution in [0.2, 0.25) is 5.02 Å². The lowest BCUT2D eigenvalue weighted by molar-refractivity contribution is 0.580. The Morgan fingerprint density at radius 3 is 2.37 bits per heavy atom. The number of benzene rings is 2. The second-order valence-electron chi connectivity index (χ2n) is 4.20. The highest BCUT2D eigenvalue weighted by atomic mass is 79.9. The molecule has 0 aliphatic rings. The molecule has 2 rings (SSSR count). The summed E-state index contributed by atoms with van der Waals surface area (Å²) in [6.07, 6.45) is 0.558. The fourth-order valence-corrected chi connectivity index (χ4v) is 2.55. The molecule has 0 aromatic heterocycles. The minimum atomic E-state index is -0.458. The van der Waals surface area contributed by atoms with Crippen LogP contribution in [-0.2, 0) is 6.42 Å². The van der Waals surface area contributed by atoms with Crippen molar-refractivity contribution in [3.8, 4) is 0 Å². The zero-order valence-corrected chi connectivity index (χ0v) is 13.8. The molecule has 1 atom stereocenters. The van der Waals surface area contributed by atoms with Gasteiger partial charge < -0.3 is 5.73 Å². The summed E-state index contributed by atoms with van der Waals surface area (Å²) in [6, 6.07) is 10.7. The van der Waals surface area contributed by atoms with Gasteiger partial charge >= 0.3 is 0 Å². The normalized spacial score (nSPS) is 12.5. The minimum Gasteiger partial charge on any atom is -0.324 e. The van der Waals surface area contributed by atoms with Crippen molar-refractivity contribution in [1.29, 1.82) is 0 Å². The SMILES string of the molecule is NC(Cc1ccc(Br)cc1)c1ccc(Br)c(Cl)c1F. The second kappa shape index (κ2) is 6.35. The molecular formula is C14H11Br2ClFN. The third-order valence-electron chi connectivity index (χ3n) is 2.83. The van der Waals surface area contributed by atoms with Gasteiger partial charge in [-0.2, -0.15) is 0 Å². The van der Waals surface area contributed by atoms with E-state index in [9.17, 15) is 4.39 Å². The molecule has 0 aliphatic carbocycles. The predicted octanol–water partition coefficient (Wildman–Crippen LogP) is 5.25. The fourth-order valence-electron chi connectivity index (χ4n) is 1.81. The quantitative estimate of drug-likeness (QED) is 0.692. The van der Waals surface area contributed by atoms with Crippen molar-refractivity contribution in [2.75, 3.05) is 0 Å². The third kappa shape index (κ3) is 3.57. The number of hydrogen-bond donors (Lipinski definition) is 1. The van der Waals surface area contributed by atoms with Crippen molar-refractivity contribution in [2.24, 2.45) is 5.73 Å². The van der Waals surface area contributed by atoms with Crippen molar-refractivity contribution >= 4 is 43.5 Å². The van der Waals surface area contributed by atoms with Crippen LogP contribution in [0.15, 0.2) is 45.3 Å². The molecule has 0 fully saturated rings. The number of nitrogens with two attached hydrogens (primary N) is 1. The first kappa shape index (κ1) is 15.0. The van der Waals surface area contributed by atoms with Crippen LogP contribution in [0.3, 0.4) is 0 Å². The molecule has 1 nitrogen and oxygen atoms in total. The van der Waals surface area contributed by atoms with E-state index in [0.717, 1.165) is 10.0 Å². The van der Waals surface area contributed by atoms with Crippen molar-refractivity contribution in [2.45, 2.75) is 12.5 Å². The van der Waals surface area contributed by atoms with Gasteiger partial charge in [0.2, 0.25) is 0 Å². The summed E-state index contributed by atoms with van der Waals surface area (Å²) in [5.41, 5.74) is 7.54. The van der Waals surface area contributed by atoms with Crippen molar-refractivity contribution < 1.29 is 4.39 Å². The maximum atomic E-state index is 14.0. The highest BCUT2D eigenvalue weighted by Gasteiger charge is 2.16. The van der Waals surface area contributed by atoms with Gasteiger partial charge in [-0.05, 0) is 46.1 Å². The topological polar surface area (TPSA) is 26.0 Å². The predicted molar refractivity (Wildman–Crippen MR) is 83.9 cm³/mol. The minimum absolute atomic E-state index is 0.0729. The van der Waals surface area contributed by atoms with Crippen LogP contribution in [0.4, 0.5) is 4.39 Å². The van der Waals surface area contributed by atoms with E-state index in [1.165, 1.54) is 0 Å². The summed E-state index contributed by atoms with van der Waals surface area (Å²) in [7, 11) is 0. The van der Waals surface area contributed by atoms with Crippen molar-refractivity contribution in [3.05, 3.63) is 67.3 Å². The Hall–Kier alpha value is -0.420. The van der Waals surface area contributed by atoms with E-state index >= 15 is 0 Å². The van der Waals surface area contributed by atoms with Crippen LogP contribution in [0, 0.1) is 5.82 Å². The molecule has 19 heavy (non-hydrogen) atoms. The molecule has 0 bridgehead atoms. The molecule has 0 aliphatic heterocycles.